The lowest BCUT2D eigenvalue weighted by molar-refractivity contribution is 0.125. The van der Waals surface area contributed by atoms with Crippen LogP contribution < -0.4 is 0 Å². The van der Waals surface area contributed by atoms with Crippen LogP contribution in [0, 0.1) is 11.3 Å². The van der Waals surface area contributed by atoms with Crippen molar-refractivity contribution in [2.75, 3.05) is 0 Å². The zero-order chi connectivity index (χ0) is 31.0. The van der Waals surface area contributed by atoms with E-state index in [-0.39, 0.29) is 5.41 Å². The van der Waals surface area contributed by atoms with Gasteiger partial charge in [-0.05, 0) is 86.6 Å². The van der Waals surface area contributed by atoms with Gasteiger partial charge in [-0.25, -0.2) is 0 Å². The van der Waals surface area contributed by atoms with E-state index in [0.29, 0.717) is 5.92 Å². The van der Waals surface area contributed by atoms with Gasteiger partial charge in [-0.3, -0.25) is 0 Å². The predicted molar refractivity (Wildman–Crippen MR) is 191 cm³/mol. The molecule has 0 bridgehead atoms. The van der Waals surface area contributed by atoms with Crippen LogP contribution in [-0.2, 0) is 5.60 Å². The summed E-state index contributed by atoms with van der Waals surface area (Å²) in [5, 5.41) is 12.5. The van der Waals surface area contributed by atoms with Gasteiger partial charge in [-0.1, -0.05) is 170 Å². The number of allylic oxidation sites excluding steroid dienone is 10. The van der Waals surface area contributed by atoms with Crippen LogP contribution in [-0.4, -0.2) is 5.11 Å². The highest BCUT2D eigenvalue weighted by molar-refractivity contribution is 5.96. The second-order valence-electron chi connectivity index (χ2n) is 12.7. The van der Waals surface area contributed by atoms with Crippen molar-refractivity contribution >= 4 is 16.7 Å². The van der Waals surface area contributed by atoms with E-state index in [1.54, 1.807) is 0 Å². The molecule has 2 atom stereocenters. The smallest absolute Gasteiger partial charge is 0.140 e. The Labute approximate surface area is 271 Å². The van der Waals surface area contributed by atoms with Crippen LogP contribution in [0.2, 0.25) is 0 Å². The first-order valence-electron chi connectivity index (χ1n) is 16.2. The first-order chi connectivity index (χ1) is 22.6. The summed E-state index contributed by atoms with van der Waals surface area (Å²) in [6.45, 7) is 0. The van der Waals surface area contributed by atoms with Crippen LogP contribution in [0.25, 0.3) is 16.7 Å². The second kappa shape index (κ2) is 11.6. The number of hydrogen-bond donors (Lipinski definition) is 1. The van der Waals surface area contributed by atoms with Crippen LogP contribution in [0.4, 0.5) is 0 Å². The van der Waals surface area contributed by atoms with Gasteiger partial charge in [0, 0.05) is 5.41 Å². The maximum Gasteiger partial charge on any atom is 0.140 e. The molecule has 5 aromatic carbocycles. The summed E-state index contributed by atoms with van der Waals surface area (Å²) >= 11 is 0. The zero-order valence-corrected chi connectivity index (χ0v) is 25.8. The van der Waals surface area contributed by atoms with Gasteiger partial charge in [-0.2, -0.15) is 0 Å². The molecule has 0 spiro atoms. The molecule has 0 amide bonds. The molecule has 1 heteroatoms. The lowest BCUT2D eigenvalue weighted by atomic mass is 9.73. The average molecular weight is 593 g/mol. The molecule has 1 N–H and O–H groups in total. The van der Waals surface area contributed by atoms with E-state index in [2.05, 4.69) is 121 Å². The van der Waals surface area contributed by atoms with E-state index >= 15 is 0 Å². The average Bonchev–Trinajstić information content (AvgIpc) is 3.90. The third-order valence-corrected chi connectivity index (χ3v) is 10.0. The monoisotopic (exact) mass is 592 g/mol. The van der Waals surface area contributed by atoms with E-state index in [1.807, 2.05) is 60.7 Å². The number of benzene rings is 5. The molecule has 1 nitrogen and oxygen atoms in total. The molecular formula is C45H36O. The minimum Gasteiger partial charge on any atom is -0.376 e. The van der Waals surface area contributed by atoms with E-state index < -0.39 is 5.60 Å². The number of rotatable bonds is 7. The molecule has 222 valence electrons. The summed E-state index contributed by atoms with van der Waals surface area (Å²) in [4.78, 5) is 0. The van der Waals surface area contributed by atoms with E-state index in [4.69, 9.17) is 0 Å². The molecular weight excluding hydrogens is 556 g/mol. The Morgan fingerprint density at radius 2 is 1.17 bits per heavy atom. The van der Waals surface area contributed by atoms with Crippen molar-refractivity contribution in [1.29, 1.82) is 0 Å². The lowest BCUT2D eigenvalue weighted by Gasteiger charge is -2.32. The molecule has 46 heavy (non-hydrogen) atoms. The Morgan fingerprint density at radius 1 is 0.609 bits per heavy atom. The molecule has 3 aliphatic carbocycles. The normalized spacial score (nSPS) is 20.4. The van der Waals surface area contributed by atoms with Crippen molar-refractivity contribution in [2.45, 2.75) is 18.4 Å². The first-order valence-corrected chi connectivity index (χ1v) is 16.2. The van der Waals surface area contributed by atoms with Crippen molar-refractivity contribution < 1.29 is 5.11 Å². The third kappa shape index (κ3) is 4.94. The van der Waals surface area contributed by atoms with Crippen LogP contribution in [0.1, 0.15) is 46.2 Å². The van der Waals surface area contributed by atoms with Gasteiger partial charge in [0.05, 0.1) is 0 Å². The van der Waals surface area contributed by atoms with E-state index in [9.17, 15) is 5.11 Å². The topological polar surface area (TPSA) is 20.2 Å². The zero-order valence-electron chi connectivity index (χ0n) is 25.8. The maximum atomic E-state index is 12.5. The fraction of sp³-hybridized carbons (Fsp3) is 0.111. The van der Waals surface area contributed by atoms with Crippen LogP contribution in [0.5, 0.6) is 0 Å². The van der Waals surface area contributed by atoms with Gasteiger partial charge in [-0.15, -0.1) is 0 Å². The second-order valence-corrected chi connectivity index (χ2v) is 12.7. The Balaban J connectivity index is 1.13. The summed E-state index contributed by atoms with van der Waals surface area (Å²) in [5.41, 5.74) is 10.4. The van der Waals surface area contributed by atoms with Crippen LogP contribution in [0.15, 0.2) is 188 Å². The maximum absolute atomic E-state index is 12.5. The van der Waals surface area contributed by atoms with Crippen LogP contribution in [0.3, 0.4) is 0 Å². The largest absolute Gasteiger partial charge is 0.376 e. The van der Waals surface area contributed by atoms with Gasteiger partial charge >= 0.3 is 0 Å². The van der Waals surface area contributed by atoms with Gasteiger partial charge in [0.25, 0.3) is 0 Å². The summed E-state index contributed by atoms with van der Waals surface area (Å²) in [5.74, 6) is 0.340. The van der Waals surface area contributed by atoms with Gasteiger partial charge in [0.1, 0.15) is 5.60 Å². The molecule has 8 rings (SSSR count). The fourth-order valence-electron chi connectivity index (χ4n) is 7.49. The molecule has 0 saturated carbocycles. The molecule has 0 aromatic heterocycles. The molecule has 0 fully saturated rings. The molecule has 5 aromatic rings. The third-order valence-electron chi connectivity index (χ3n) is 10.0. The summed E-state index contributed by atoms with van der Waals surface area (Å²) in [6.07, 6.45) is 16.2. The molecule has 3 aliphatic rings. The Kier molecular flexibility index (Phi) is 7.12. The van der Waals surface area contributed by atoms with Crippen molar-refractivity contribution in [3.8, 4) is 0 Å². The minimum atomic E-state index is -1.26. The number of fused-ring (bicyclic) bond motifs is 1. The SMILES string of the molecule is OC(c1ccccc1)(c1ccccc1)c1cccc(C2=CC=CC(C34C=C3C(c3ccccc3)=CC(c3ccccc3)=CC4)C2)c1. The van der Waals surface area contributed by atoms with Crippen molar-refractivity contribution in [3.63, 3.8) is 0 Å². The molecule has 0 heterocycles. The number of aliphatic hydroxyl groups is 1. The summed E-state index contributed by atoms with van der Waals surface area (Å²) in [6, 6.07) is 50.1. The summed E-state index contributed by atoms with van der Waals surface area (Å²) in [7, 11) is 0. The van der Waals surface area contributed by atoms with Gasteiger partial charge in [0.15, 0.2) is 0 Å². The minimum absolute atomic E-state index is 0.0133. The standard InChI is InChI=1S/C45H36O/c46-45(38-21-9-3-10-22-38,39-23-11-4-12-24-39)41-26-14-20-36(30-41)35-19-13-25-40(29-35)44-28-27-37(33-15-5-1-6-16-33)31-42(43(44)32-44)34-17-7-2-8-18-34/h1-27,30-32,40,46H,28-29H2. The Morgan fingerprint density at radius 3 is 1.83 bits per heavy atom. The molecule has 0 aliphatic heterocycles. The van der Waals surface area contributed by atoms with Crippen molar-refractivity contribution in [1.82, 2.24) is 0 Å². The van der Waals surface area contributed by atoms with Crippen LogP contribution >= 0.6 is 0 Å². The Bertz CT molecular complexity index is 1990. The quantitative estimate of drug-likeness (QED) is 0.186. The number of hydrogen-bond acceptors (Lipinski definition) is 1. The van der Waals surface area contributed by atoms with Crippen molar-refractivity contribution in [3.05, 3.63) is 221 Å². The summed E-state index contributed by atoms with van der Waals surface area (Å²) < 4.78 is 0. The Hall–Kier alpha value is -5.24. The lowest BCUT2D eigenvalue weighted by Crippen LogP contribution is -2.29. The fourth-order valence-corrected chi connectivity index (χ4v) is 7.49. The van der Waals surface area contributed by atoms with E-state index in [0.717, 1.165) is 35.1 Å². The molecule has 2 unspecified atom stereocenters. The van der Waals surface area contributed by atoms with E-state index in [1.165, 1.54) is 33.4 Å². The van der Waals surface area contributed by atoms with Crippen molar-refractivity contribution in [2.24, 2.45) is 11.3 Å². The molecule has 0 radical (unpaired) electrons. The molecule has 0 saturated heterocycles. The van der Waals surface area contributed by atoms with Gasteiger partial charge in [0.2, 0.25) is 0 Å². The highest BCUT2D eigenvalue weighted by Gasteiger charge is 2.51. The predicted octanol–water partition coefficient (Wildman–Crippen LogP) is 10.4. The van der Waals surface area contributed by atoms with Gasteiger partial charge < -0.3 is 5.11 Å². The highest BCUT2D eigenvalue weighted by atomic mass is 16.3. The first kappa shape index (κ1) is 28.2. The highest BCUT2D eigenvalue weighted by Crippen LogP contribution is 2.63.